The first-order valence-electron chi connectivity index (χ1n) is 5.46. The zero-order chi connectivity index (χ0) is 12.6. The summed E-state index contributed by atoms with van der Waals surface area (Å²) < 4.78 is 5.17. The molecule has 0 aliphatic carbocycles. The van der Waals surface area contributed by atoms with Crippen molar-refractivity contribution in [3.05, 3.63) is 0 Å². The van der Waals surface area contributed by atoms with E-state index in [1.54, 1.807) is 20.8 Å². The summed E-state index contributed by atoms with van der Waals surface area (Å²) in [5, 5.41) is 2.34. The van der Waals surface area contributed by atoms with E-state index in [0.717, 1.165) is 12.8 Å². The summed E-state index contributed by atoms with van der Waals surface area (Å²) in [6.45, 7) is 5.93. The number of nitrogens with two attached hydrogens (primary N) is 1. The van der Waals surface area contributed by atoms with Crippen molar-refractivity contribution in [2.75, 3.05) is 6.54 Å². The van der Waals surface area contributed by atoms with Crippen LogP contribution in [0, 0.1) is 0 Å². The van der Waals surface area contributed by atoms with Crippen LogP contribution in [0.15, 0.2) is 0 Å². The second kappa shape index (κ2) is 8.10. The molecule has 0 heterocycles. The third-order valence-corrected chi connectivity index (χ3v) is 1.87. The molecule has 0 aromatic rings. The van der Waals surface area contributed by atoms with E-state index in [-0.39, 0.29) is 0 Å². The molecule has 0 aliphatic rings. The molecule has 0 bridgehead atoms. The number of carbonyl (C=O) groups excluding carboxylic acids is 2. The van der Waals surface area contributed by atoms with Gasteiger partial charge < -0.3 is 20.6 Å². The molecule has 1 amide bonds. The average molecular weight is 486 g/mol. The van der Waals surface area contributed by atoms with Crippen LogP contribution in [0.25, 0.3) is 0 Å². The minimum atomic E-state index is -0.622. The number of esters is 1. The second-order valence-corrected chi connectivity index (χ2v) is 4.62. The van der Waals surface area contributed by atoms with Crippen LogP contribution >= 0.6 is 0 Å². The Morgan fingerprint density at radius 2 is 2.00 bits per heavy atom. The van der Waals surface area contributed by atoms with Crippen molar-refractivity contribution in [1.82, 2.24) is 5.32 Å². The number of amides is 1. The van der Waals surface area contributed by atoms with Crippen LogP contribution in [0.4, 0.5) is 0 Å². The quantitative estimate of drug-likeness (QED) is 0.238. The number of unbranched alkanes of at least 4 members (excludes halogenated alkanes) is 1. The van der Waals surface area contributed by atoms with Crippen molar-refractivity contribution >= 4 is 12.4 Å². The summed E-state index contributed by atoms with van der Waals surface area (Å²) in [6.07, 6.45) is 3.65. The fourth-order valence-corrected chi connectivity index (χ4v) is 1.19. The van der Waals surface area contributed by atoms with Crippen LogP contribution in [-0.2, 0) is 14.3 Å². The Hall–Kier alpha value is -2.10. The van der Waals surface area contributed by atoms with E-state index < -0.39 is 17.6 Å². The van der Waals surface area contributed by atoms with Crippen molar-refractivity contribution in [3.63, 3.8) is 0 Å². The maximum atomic E-state index is 11.6. The molecule has 0 rings (SSSR count). The molecule has 0 aromatic heterocycles. The van der Waals surface area contributed by atoms with E-state index in [2.05, 4.69) is 5.32 Å². The SMILES string of the molecule is CC(C)(C)OC(=O)C(CCCCN)N[C-]=O.[Fm]. The first-order chi connectivity index (χ1) is 7.40. The van der Waals surface area contributed by atoms with Crippen molar-refractivity contribution < 1.29 is 14.3 Å². The van der Waals surface area contributed by atoms with E-state index in [1.807, 2.05) is 0 Å². The normalized spacial score (nSPS) is 12.2. The maximum absolute atomic E-state index is 11.6. The molecule has 0 radical (unpaired) electrons. The van der Waals surface area contributed by atoms with Gasteiger partial charge in [0.15, 0.2) is 0 Å². The predicted molar refractivity (Wildman–Crippen MR) is 61.4 cm³/mol. The van der Waals surface area contributed by atoms with Crippen LogP contribution < -0.4 is 11.1 Å². The molecule has 0 aliphatic heterocycles. The fourth-order valence-electron chi connectivity index (χ4n) is 1.19. The molecule has 0 spiro atoms. The average Bonchev–Trinajstić information content (AvgIpc) is 2.14. The van der Waals surface area contributed by atoms with Crippen molar-refractivity contribution in [1.29, 1.82) is 0 Å². The standard InChI is InChI=1S/C11H21N2O3.Fm/c1-11(2,3)16-10(15)9(13-8-14)6-4-5-7-12;/h9H,4-7,12H2,1-3H3,(H,13,14);/q-1;. The molecule has 0 saturated heterocycles. The van der Waals surface area contributed by atoms with E-state index in [4.69, 9.17) is 10.5 Å². The summed E-state index contributed by atoms with van der Waals surface area (Å²) in [5.74, 6) is -0.423. The molecule has 0 aromatic carbocycles. The summed E-state index contributed by atoms with van der Waals surface area (Å²) in [6, 6.07) is -0.622. The van der Waals surface area contributed by atoms with Crippen LogP contribution in [0.1, 0.15) is 40.0 Å². The van der Waals surface area contributed by atoms with Gasteiger partial charge in [0.1, 0.15) is 5.60 Å². The van der Waals surface area contributed by atoms with Crippen molar-refractivity contribution in [2.45, 2.75) is 51.7 Å². The van der Waals surface area contributed by atoms with Crippen molar-refractivity contribution in [2.24, 2.45) is 5.73 Å². The van der Waals surface area contributed by atoms with Gasteiger partial charge in [-0.25, -0.2) is 4.79 Å². The minimum absolute atomic E-state index is 0. The first-order valence-corrected chi connectivity index (χ1v) is 5.46. The number of carbonyl (C=O) groups is 1. The molecule has 1 unspecified atom stereocenters. The molecule has 5 nitrogen and oxygen atoms in total. The number of hydrogen-bond donors (Lipinski definition) is 2. The largest absolute Gasteiger partial charge is 0.520 e. The van der Waals surface area contributed by atoms with Crippen LogP contribution in [0.5, 0.6) is 0 Å². The van der Waals surface area contributed by atoms with Gasteiger partial charge in [-0.05, 0) is 46.6 Å². The molecular formula is C11H21FmN2O3-. The summed E-state index contributed by atoms with van der Waals surface area (Å²) in [7, 11) is 0. The van der Waals surface area contributed by atoms with Crippen molar-refractivity contribution in [3.8, 4) is 0 Å². The molecule has 0 saturated carbocycles. The summed E-state index contributed by atoms with van der Waals surface area (Å²) in [5.41, 5.74) is 4.80. The van der Waals surface area contributed by atoms with Gasteiger partial charge in [0, 0.05) is 0 Å². The molecule has 0 fully saturated rings. The third kappa shape index (κ3) is 8.87. The molecule has 6 heteroatoms. The first kappa shape index (κ1) is 17.3. The van der Waals surface area contributed by atoms with Gasteiger partial charge in [-0.15, -0.1) is 0 Å². The van der Waals surface area contributed by atoms with Gasteiger partial charge in [-0.3, -0.25) is 0 Å². The Labute approximate surface area is 96.7 Å². The zero-order valence-electron chi connectivity index (χ0n) is 10.5. The summed E-state index contributed by atoms with van der Waals surface area (Å²) >= 11 is 0. The molecule has 17 heavy (non-hydrogen) atoms. The van der Waals surface area contributed by atoms with E-state index >= 15 is 0 Å². The molecule has 1 atom stereocenters. The van der Waals surface area contributed by atoms with Gasteiger partial charge in [0.25, 0.3) is 0 Å². The number of hydrogen-bond acceptors (Lipinski definition) is 4. The van der Waals surface area contributed by atoms with E-state index in [9.17, 15) is 9.59 Å². The van der Waals surface area contributed by atoms with E-state index in [0.29, 0.717) is 13.0 Å². The monoisotopic (exact) mass is 486 g/mol. The third-order valence-electron chi connectivity index (χ3n) is 1.87. The Balaban J connectivity index is 0. The Bertz CT molecular complexity index is 229. The number of rotatable bonds is 7. The number of ether oxygens (including phenoxy) is 1. The molecule has 106 valence electrons. The molecule has 3 N–H and O–H groups in total. The molecular weight excluding hydrogens is 465 g/mol. The van der Waals surface area contributed by atoms with Crippen LogP contribution in [0.2, 0.25) is 0 Å². The van der Waals surface area contributed by atoms with Crippen LogP contribution in [0.3, 0.4) is 0 Å². The van der Waals surface area contributed by atoms with Gasteiger partial charge in [-0.1, -0.05) is 0 Å². The Morgan fingerprint density at radius 3 is 2.41 bits per heavy atom. The Morgan fingerprint density at radius 1 is 1.41 bits per heavy atom. The second-order valence-electron chi connectivity index (χ2n) is 4.62. The topological polar surface area (TPSA) is 81.4 Å². The number of nitrogens with one attached hydrogen (secondary N) is 1. The van der Waals surface area contributed by atoms with Gasteiger partial charge in [-0.2, -0.15) is 6.41 Å². The maximum Gasteiger partial charge on any atom is 0.326 e. The summed E-state index contributed by atoms with van der Waals surface area (Å²) in [4.78, 5) is 21.9. The van der Waals surface area contributed by atoms with Gasteiger partial charge >= 0.3 is 5.97 Å². The predicted octanol–water partition coefficient (Wildman–Crippen LogP) is 0.483. The van der Waals surface area contributed by atoms with Gasteiger partial charge in [0.05, 0.1) is 6.04 Å². The smallest absolute Gasteiger partial charge is 0.326 e. The van der Waals surface area contributed by atoms with Crippen LogP contribution in [-0.4, -0.2) is 30.6 Å². The Kier molecular flexibility index (Phi) is 8.24. The zero-order valence-corrected chi connectivity index (χ0v) is 12.9. The van der Waals surface area contributed by atoms with Gasteiger partial charge in [0.2, 0.25) is 0 Å². The van der Waals surface area contributed by atoms with E-state index in [1.165, 1.54) is 6.41 Å². The minimum Gasteiger partial charge on any atom is -0.520 e. The fraction of sp³-hybridized carbons (Fsp3) is 0.818.